The molecule has 3 aromatic rings. The SMILES string of the molecule is CC1(C)C(/C=C/C2=C(Oc3ccc(S(=O)(=O)[O-])cc3)C(=C/C=C3/N(CCCCS(=O)(=O)[O-])c4ccc(S(=O)(=O)[O-])cc4C3(C)C)/CCC2)=[N+](CCCCS(=O)(=O)[O-])c2ccc(S(=O)(=O)[O-])cc21.[Na+].[Na+].[Na+].[Na+]. The van der Waals surface area contributed by atoms with Crippen molar-refractivity contribution >= 4 is 67.7 Å². The fourth-order valence-electron chi connectivity index (χ4n) is 8.70. The van der Waals surface area contributed by atoms with Crippen molar-refractivity contribution in [2.75, 3.05) is 29.5 Å². The van der Waals surface area contributed by atoms with Gasteiger partial charge in [-0.05, 0) is 136 Å². The van der Waals surface area contributed by atoms with Gasteiger partial charge in [-0.15, -0.1) is 0 Å². The number of anilines is 1. The number of rotatable bonds is 18. The van der Waals surface area contributed by atoms with Gasteiger partial charge in [-0.3, -0.25) is 0 Å². The minimum Gasteiger partial charge on any atom is -0.748 e. The normalized spacial score (nSPS) is 17.8. The Bertz CT molecular complexity index is 3230. The first-order valence-electron chi connectivity index (χ1n) is 21.0. The van der Waals surface area contributed by atoms with Crippen LogP contribution in [0.25, 0.3) is 0 Å². The van der Waals surface area contributed by atoms with Crippen molar-refractivity contribution in [3.8, 4) is 5.75 Å². The Morgan fingerprint density at radius 2 is 1.13 bits per heavy atom. The summed E-state index contributed by atoms with van der Waals surface area (Å²) in [5.41, 5.74) is 2.85. The van der Waals surface area contributed by atoms with E-state index in [1.165, 1.54) is 48.5 Å². The topological polar surface area (TPSA) is 301 Å². The molecule has 0 bridgehead atoms. The minimum atomic E-state index is -4.84. The van der Waals surface area contributed by atoms with E-state index in [0.717, 1.165) is 12.1 Å². The number of unbranched alkanes of at least 4 members (excludes halogenated alkanes) is 2. The quantitative estimate of drug-likeness (QED) is 0.0495. The second-order valence-corrected chi connectivity index (χ2v) is 24.6. The van der Waals surface area contributed by atoms with Gasteiger partial charge >= 0.3 is 118 Å². The fourth-order valence-corrected chi connectivity index (χ4v) is 11.3. The van der Waals surface area contributed by atoms with Crippen LogP contribution in [-0.4, -0.2) is 99.7 Å². The van der Waals surface area contributed by atoms with Crippen LogP contribution >= 0.6 is 0 Å². The number of benzene rings is 3. The van der Waals surface area contributed by atoms with Gasteiger partial charge in [0.05, 0.1) is 40.3 Å². The Morgan fingerprint density at radius 3 is 1.68 bits per heavy atom. The van der Waals surface area contributed by atoms with Gasteiger partial charge in [0.25, 0.3) is 0 Å². The molecule has 0 N–H and O–H groups in total. The van der Waals surface area contributed by atoms with Crippen LogP contribution < -0.4 is 128 Å². The summed E-state index contributed by atoms with van der Waals surface area (Å²) < 4.78 is 185. The van der Waals surface area contributed by atoms with E-state index < -0.39 is 87.6 Å². The molecule has 0 saturated heterocycles. The van der Waals surface area contributed by atoms with E-state index in [0.29, 0.717) is 70.1 Å². The smallest absolute Gasteiger partial charge is 0.748 e. The van der Waals surface area contributed by atoms with Gasteiger partial charge < -0.3 is 32.4 Å². The first-order chi connectivity index (χ1) is 30.9. The Balaban J connectivity index is 0.00000432. The molecule has 2 aliphatic heterocycles. The zero-order valence-electron chi connectivity index (χ0n) is 40.8. The van der Waals surface area contributed by atoms with Gasteiger partial charge in [-0.2, -0.15) is 4.58 Å². The van der Waals surface area contributed by atoms with Crippen LogP contribution in [0, 0.1) is 0 Å². The molecule has 3 aliphatic rings. The number of fused-ring (bicyclic) bond motifs is 2. The summed E-state index contributed by atoms with van der Waals surface area (Å²) >= 11 is 0. The van der Waals surface area contributed by atoms with Crippen LogP contribution in [0.3, 0.4) is 0 Å². The molecule has 71 heavy (non-hydrogen) atoms. The molecule has 1 aliphatic carbocycles. The van der Waals surface area contributed by atoms with E-state index in [1.54, 1.807) is 24.3 Å². The first-order valence-corrected chi connectivity index (χ1v) is 28.3. The van der Waals surface area contributed by atoms with Crippen molar-refractivity contribution in [2.45, 2.75) is 98.2 Å². The summed E-state index contributed by atoms with van der Waals surface area (Å²) in [5, 5.41) is 0. The maximum Gasteiger partial charge on any atom is 1.00 e. The van der Waals surface area contributed by atoms with E-state index in [2.05, 4.69) is 0 Å². The number of ether oxygens (including phenoxy) is 1. The van der Waals surface area contributed by atoms with Crippen LogP contribution in [0.4, 0.5) is 11.4 Å². The van der Waals surface area contributed by atoms with Crippen molar-refractivity contribution in [3.63, 3.8) is 0 Å². The second kappa shape index (κ2) is 25.7. The molecular formula is C44H48N2Na4O16S5. The Kier molecular flexibility index (Phi) is 24.1. The third-order valence-corrected chi connectivity index (χ3v) is 16.1. The first kappa shape index (κ1) is 66.6. The van der Waals surface area contributed by atoms with Crippen molar-refractivity contribution < 1.29 is 192 Å². The van der Waals surface area contributed by atoms with E-state index in [-0.39, 0.29) is 163 Å². The van der Waals surface area contributed by atoms with E-state index in [1.807, 2.05) is 37.2 Å². The van der Waals surface area contributed by atoms with Gasteiger partial charge in [-0.1, -0.05) is 19.9 Å². The molecule has 18 nitrogen and oxygen atoms in total. The molecule has 2 heterocycles. The third-order valence-electron chi connectivity index (χ3n) is 12.0. The average Bonchev–Trinajstić information content (AvgIpc) is 3.55. The van der Waals surface area contributed by atoms with Crippen LogP contribution in [0.5, 0.6) is 5.75 Å². The Morgan fingerprint density at radius 1 is 0.606 bits per heavy atom. The van der Waals surface area contributed by atoms with Crippen LogP contribution in [0.1, 0.15) is 83.8 Å². The minimum absolute atomic E-state index is 0. The number of nitrogens with zero attached hydrogens (tertiary/aromatic N) is 2. The zero-order valence-corrected chi connectivity index (χ0v) is 52.9. The van der Waals surface area contributed by atoms with E-state index in [9.17, 15) is 64.9 Å². The molecule has 0 atom stereocenters. The molecule has 0 saturated carbocycles. The van der Waals surface area contributed by atoms with Crippen LogP contribution in [0.15, 0.2) is 122 Å². The summed E-state index contributed by atoms with van der Waals surface area (Å²) in [7, 11) is -23.5. The van der Waals surface area contributed by atoms with E-state index >= 15 is 0 Å². The predicted octanol–water partition coefficient (Wildman–Crippen LogP) is -6.88. The van der Waals surface area contributed by atoms with Crippen molar-refractivity contribution in [1.82, 2.24) is 0 Å². The number of hydrogen-bond acceptors (Lipinski definition) is 17. The van der Waals surface area contributed by atoms with Crippen molar-refractivity contribution in [3.05, 3.63) is 119 Å². The summed E-state index contributed by atoms with van der Waals surface area (Å²) in [4.78, 5) is 0.501. The van der Waals surface area contributed by atoms with Crippen molar-refractivity contribution in [2.24, 2.45) is 0 Å². The molecule has 6 rings (SSSR count). The molecule has 0 amide bonds. The monoisotopic (exact) mass is 1110 g/mol. The molecule has 3 aromatic carbocycles. The maximum atomic E-state index is 12.1. The molecule has 364 valence electrons. The summed E-state index contributed by atoms with van der Waals surface area (Å²) in [5.74, 6) is -0.664. The molecule has 0 spiro atoms. The van der Waals surface area contributed by atoms with Crippen LogP contribution in [-0.2, 0) is 61.4 Å². The van der Waals surface area contributed by atoms with Gasteiger partial charge in [-0.25, -0.2) is 42.1 Å². The second-order valence-electron chi connectivity index (χ2n) is 17.5. The zero-order chi connectivity index (χ0) is 49.5. The van der Waals surface area contributed by atoms with Gasteiger partial charge in [0.15, 0.2) is 5.71 Å². The Labute approximate surface area is 505 Å². The number of hydrogen-bond donors (Lipinski definition) is 0. The van der Waals surface area contributed by atoms with Crippen molar-refractivity contribution in [1.29, 1.82) is 0 Å². The summed E-state index contributed by atoms with van der Waals surface area (Å²) in [6, 6.07) is 12.8. The molecule has 27 heteroatoms. The third kappa shape index (κ3) is 16.7. The van der Waals surface area contributed by atoms with Gasteiger partial charge in [0.2, 0.25) is 5.69 Å². The molecule has 0 fully saturated rings. The predicted molar refractivity (Wildman–Crippen MR) is 241 cm³/mol. The van der Waals surface area contributed by atoms with E-state index in [4.69, 9.17) is 4.74 Å². The van der Waals surface area contributed by atoms with Gasteiger partial charge in [0.1, 0.15) is 48.4 Å². The van der Waals surface area contributed by atoms with Gasteiger partial charge in [0, 0.05) is 59.0 Å². The summed E-state index contributed by atoms with van der Waals surface area (Å²) in [6.45, 7) is 7.74. The molecule has 0 unspecified atom stereocenters. The molecule has 0 radical (unpaired) electrons. The van der Waals surface area contributed by atoms with Crippen LogP contribution in [0.2, 0.25) is 0 Å². The summed E-state index contributed by atoms with van der Waals surface area (Å²) in [6.07, 6.45) is 9.28. The maximum absolute atomic E-state index is 12.1. The fraction of sp³-hybridized carbons (Fsp3) is 0.386. The largest absolute Gasteiger partial charge is 1.00 e. The number of allylic oxidation sites excluding steroid dienone is 7. The molecular weight excluding hydrogens is 1060 g/mol. The average molecular weight is 1110 g/mol. The molecule has 0 aromatic heterocycles. The standard InChI is InChI=1S/C44H52N2O16S5.4Na/c1-43(2)36-28-34(66(56,57)58)18-20-38(36)45(24-5-7-26-63(47,48)49)40(43)22-12-30-10-9-11-31(42(30)62-32-14-16-33(17-15-32)65(53,54)55)13-23-41-44(3,4)37-29-35(67(59,60)61)19-21-39(37)46(41)25-6-8-27-64(50,51)52;;;;/h12-23,28-29H,5-11,24-27H2,1-4H3,(H4-,47,48,49,50,51,52,53,54,55,56,57,58,59,60,61);;;;/q;4*+1/p-4. The Hall–Kier alpha value is -0.560.